The SMILES string of the molecule is CCOc1ccc(-c2cc(=O)o[nH]2)cc1. The van der Waals surface area contributed by atoms with Gasteiger partial charge in [0.1, 0.15) is 5.75 Å². The predicted molar refractivity (Wildman–Crippen MR) is 55.9 cm³/mol. The lowest BCUT2D eigenvalue weighted by molar-refractivity contribution is 0.340. The first-order valence-corrected chi connectivity index (χ1v) is 4.71. The summed E-state index contributed by atoms with van der Waals surface area (Å²) in [5, 5.41) is 2.54. The van der Waals surface area contributed by atoms with E-state index in [0.717, 1.165) is 11.3 Å². The Morgan fingerprint density at radius 3 is 2.60 bits per heavy atom. The number of hydrogen-bond donors (Lipinski definition) is 1. The molecule has 15 heavy (non-hydrogen) atoms. The van der Waals surface area contributed by atoms with Gasteiger partial charge in [0.05, 0.1) is 18.4 Å². The zero-order chi connectivity index (χ0) is 10.7. The van der Waals surface area contributed by atoms with Crippen LogP contribution in [0.3, 0.4) is 0 Å². The summed E-state index contributed by atoms with van der Waals surface area (Å²) in [4.78, 5) is 10.8. The van der Waals surface area contributed by atoms with E-state index in [1.165, 1.54) is 6.07 Å². The molecular weight excluding hydrogens is 194 g/mol. The molecule has 0 saturated carbocycles. The normalized spacial score (nSPS) is 10.2. The van der Waals surface area contributed by atoms with Crippen LogP contribution in [-0.2, 0) is 0 Å². The number of ether oxygens (including phenoxy) is 1. The van der Waals surface area contributed by atoms with Crippen molar-refractivity contribution in [2.45, 2.75) is 6.92 Å². The first-order chi connectivity index (χ1) is 7.29. The number of benzene rings is 1. The summed E-state index contributed by atoms with van der Waals surface area (Å²) in [7, 11) is 0. The minimum atomic E-state index is -0.376. The topological polar surface area (TPSA) is 55.2 Å². The van der Waals surface area contributed by atoms with Crippen molar-refractivity contribution in [2.75, 3.05) is 6.61 Å². The summed E-state index contributed by atoms with van der Waals surface area (Å²) in [6, 6.07) is 8.85. The third kappa shape index (κ3) is 2.10. The standard InChI is InChI=1S/C11H11NO3/c1-2-14-9-5-3-8(4-6-9)10-7-11(13)15-12-10/h3-7,12H,2H2,1H3. The molecule has 1 N–H and O–H groups in total. The van der Waals surface area contributed by atoms with E-state index >= 15 is 0 Å². The maximum Gasteiger partial charge on any atom is 0.357 e. The van der Waals surface area contributed by atoms with Crippen molar-refractivity contribution in [3.63, 3.8) is 0 Å². The quantitative estimate of drug-likeness (QED) is 0.834. The van der Waals surface area contributed by atoms with Gasteiger partial charge in [-0.2, -0.15) is 0 Å². The number of aromatic amines is 1. The molecule has 1 aromatic heterocycles. The maximum atomic E-state index is 10.8. The summed E-state index contributed by atoms with van der Waals surface area (Å²) in [6.07, 6.45) is 0. The zero-order valence-electron chi connectivity index (χ0n) is 8.32. The monoisotopic (exact) mass is 205 g/mol. The Kier molecular flexibility index (Phi) is 2.58. The first-order valence-electron chi connectivity index (χ1n) is 4.71. The van der Waals surface area contributed by atoms with Gasteiger partial charge in [-0.05, 0) is 31.2 Å². The second kappa shape index (κ2) is 4.04. The molecule has 1 heterocycles. The van der Waals surface area contributed by atoms with Gasteiger partial charge in [0.15, 0.2) is 0 Å². The van der Waals surface area contributed by atoms with Crippen LogP contribution in [-0.4, -0.2) is 11.8 Å². The number of nitrogens with one attached hydrogen (secondary N) is 1. The van der Waals surface area contributed by atoms with Gasteiger partial charge >= 0.3 is 5.63 Å². The zero-order valence-corrected chi connectivity index (χ0v) is 8.32. The third-order valence-electron chi connectivity index (χ3n) is 2.00. The van der Waals surface area contributed by atoms with Crippen LogP contribution in [0, 0.1) is 0 Å². The van der Waals surface area contributed by atoms with E-state index in [4.69, 9.17) is 4.74 Å². The Bertz CT molecular complexity index is 481. The Labute approximate surface area is 86.5 Å². The van der Waals surface area contributed by atoms with Crippen LogP contribution in [0.2, 0.25) is 0 Å². The van der Waals surface area contributed by atoms with Crippen molar-refractivity contribution < 1.29 is 9.26 Å². The molecule has 0 radical (unpaired) electrons. The van der Waals surface area contributed by atoms with Gasteiger partial charge in [0.25, 0.3) is 0 Å². The molecule has 0 aliphatic rings. The summed E-state index contributed by atoms with van der Waals surface area (Å²) >= 11 is 0. The Morgan fingerprint density at radius 2 is 2.07 bits per heavy atom. The van der Waals surface area contributed by atoms with Crippen molar-refractivity contribution in [1.82, 2.24) is 5.16 Å². The number of H-pyrrole nitrogens is 1. The summed E-state index contributed by atoms with van der Waals surface area (Å²) in [5.74, 6) is 0.812. The van der Waals surface area contributed by atoms with Gasteiger partial charge in [0, 0.05) is 5.56 Å². The number of rotatable bonds is 3. The first kappa shape index (κ1) is 9.58. The Morgan fingerprint density at radius 1 is 1.33 bits per heavy atom. The molecule has 0 fully saturated rings. The van der Waals surface area contributed by atoms with Crippen LogP contribution in [0.15, 0.2) is 39.6 Å². The number of hydrogen-bond acceptors (Lipinski definition) is 3. The number of aromatic nitrogens is 1. The minimum absolute atomic E-state index is 0.376. The fourth-order valence-electron chi connectivity index (χ4n) is 1.32. The van der Waals surface area contributed by atoms with E-state index in [1.54, 1.807) is 0 Å². The third-order valence-corrected chi connectivity index (χ3v) is 2.00. The van der Waals surface area contributed by atoms with Gasteiger partial charge in [-0.25, -0.2) is 9.95 Å². The van der Waals surface area contributed by atoms with Gasteiger partial charge < -0.3 is 9.26 Å². The molecule has 0 atom stereocenters. The van der Waals surface area contributed by atoms with Gasteiger partial charge in [-0.1, -0.05) is 0 Å². The van der Waals surface area contributed by atoms with Crippen molar-refractivity contribution in [3.8, 4) is 17.0 Å². The van der Waals surface area contributed by atoms with Crippen molar-refractivity contribution >= 4 is 0 Å². The van der Waals surface area contributed by atoms with E-state index in [-0.39, 0.29) is 5.63 Å². The lowest BCUT2D eigenvalue weighted by Crippen LogP contribution is -1.90. The van der Waals surface area contributed by atoms with Gasteiger partial charge in [-0.3, -0.25) is 0 Å². The van der Waals surface area contributed by atoms with E-state index in [1.807, 2.05) is 31.2 Å². The average Bonchev–Trinajstić information content (AvgIpc) is 2.67. The largest absolute Gasteiger partial charge is 0.494 e. The van der Waals surface area contributed by atoms with Crippen molar-refractivity contribution in [3.05, 3.63) is 40.8 Å². The van der Waals surface area contributed by atoms with Crippen LogP contribution in [0.4, 0.5) is 0 Å². The molecule has 0 unspecified atom stereocenters. The molecule has 4 nitrogen and oxygen atoms in total. The highest BCUT2D eigenvalue weighted by molar-refractivity contribution is 5.58. The van der Waals surface area contributed by atoms with E-state index in [2.05, 4.69) is 9.68 Å². The molecule has 0 spiro atoms. The molecule has 4 heteroatoms. The second-order valence-corrected chi connectivity index (χ2v) is 3.04. The van der Waals surface area contributed by atoms with E-state index < -0.39 is 0 Å². The second-order valence-electron chi connectivity index (χ2n) is 3.04. The van der Waals surface area contributed by atoms with Crippen LogP contribution in [0.25, 0.3) is 11.3 Å². The highest BCUT2D eigenvalue weighted by Gasteiger charge is 2.01. The fourth-order valence-corrected chi connectivity index (χ4v) is 1.32. The lowest BCUT2D eigenvalue weighted by atomic mass is 10.1. The molecule has 0 amide bonds. The molecule has 0 bridgehead atoms. The summed E-state index contributed by atoms with van der Waals surface area (Å²) in [6.45, 7) is 2.57. The molecule has 2 rings (SSSR count). The molecule has 0 aliphatic heterocycles. The van der Waals surface area contributed by atoms with Crippen LogP contribution < -0.4 is 10.4 Å². The van der Waals surface area contributed by atoms with Crippen LogP contribution in [0.5, 0.6) is 5.75 Å². The lowest BCUT2D eigenvalue weighted by Gasteiger charge is -2.02. The highest BCUT2D eigenvalue weighted by Crippen LogP contribution is 2.19. The molecule has 0 saturated heterocycles. The summed E-state index contributed by atoms with van der Waals surface area (Å²) < 4.78 is 9.89. The summed E-state index contributed by atoms with van der Waals surface area (Å²) in [5.41, 5.74) is 1.19. The average molecular weight is 205 g/mol. The van der Waals surface area contributed by atoms with Crippen molar-refractivity contribution in [2.24, 2.45) is 0 Å². The Hall–Kier alpha value is -1.97. The molecule has 0 aliphatic carbocycles. The van der Waals surface area contributed by atoms with Crippen molar-refractivity contribution in [1.29, 1.82) is 0 Å². The minimum Gasteiger partial charge on any atom is -0.494 e. The van der Waals surface area contributed by atoms with Gasteiger partial charge in [-0.15, -0.1) is 0 Å². The predicted octanol–water partition coefficient (Wildman–Crippen LogP) is 2.03. The molecule has 1 aromatic carbocycles. The molecule has 2 aromatic rings. The van der Waals surface area contributed by atoms with Gasteiger partial charge in [0.2, 0.25) is 0 Å². The Balaban J connectivity index is 2.27. The van der Waals surface area contributed by atoms with E-state index in [0.29, 0.717) is 12.3 Å². The molecule has 78 valence electrons. The van der Waals surface area contributed by atoms with E-state index in [9.17, 15) is 4.79 Å². The fraction of sp³-hybridized carbons (Fsp3) is 0.182. The maximum absolute atomic E-state index is 10.8. The van der Waals surface area contributed by atoms with Crippen LogP contribution in [0.1, 0.15) is 6.92 Å². The molecular formula is C11H11NO3. The smallest absolute Gasteiger partial charge is 0.357 e. The highest BCUT2D eigenvalue weighted by atomic mass is 16.5. The van der Waals surface area contributed by atoms with Crippen LogP contribution >= 0.6 is 0 Å².